The summed E-state index contributed by atoms with van der Waals surface area (Å²) in [6.07, 6.45) is 0. The zero-order chi connectivity index (χ0) is 29.1. The van der Waals surface area contributed by atoms with Crippen LogP contribution in [0.2, 0.25) is 0 Å². The Labute approximate surface area is 251 Å². The fraction of sp³-hybridized carbons (Fsp3) is 0.0750. The highest BCUT2D eigenvalue weighted by molar-refractivity contribution is 6.10. The number of para-hydroxylation sites is 5. The number of benzene rings is 6. The summed E-state index contributed by atoms with van der Waals surface area (Å²) >= 11 is 0. The van der Waals surface area contributed by atoms with Crippen LogP contribution < -0.4 is 4.90 Å². The van der Waals surface area contributed by atoms with E-state index in [4.69, 9.17) is 6.57 Å². The maximum Gasteiger partial charge on any atom is 0.211 e. The van der Waals surface area contributed by atoms with E-state index in [0.717, 1.165) is 33.5 Å². The fourth-order valence-electron chi connectivity index (χ4n) is 6.99. The van der Waals surface area contributed by atoms with Crippen molar-refractivity contribution in [2.24, 2.45) is 0 Å². The molecule has 0 aliphatic carbocycles. The second-order valence-electron chi connectivity index (χ2n) is 11.7. The second kappa shape index (κ2) is 9.48. The van der Waals surface area contributed by atoms with Gasteiger partial charge in [0.05, 0.1) is 34.7 Å². The maximum atomic E-state index is 8.11. The third-order valence-corrected chi connectivity index (χ3v) is 9.01. The Morgan fingerprint density at radius 1 is 0.558 bits per heavy atom. The van der Waals surface area contributed by atoms with Gasteiger partial charge in [-0.05, 0) is 58.7 Å². The predicted octanol–water partition coefficient (Wildman–Crippen LogP) is 11.1. The Kier molecular flexibility index (Phi) is 5.54. The van der Waals surface area contributed by atoms with Gasteiger partial charge in [-0.1, -0.05) is 117 Å². The minimum absolute atomic E-state index is 0.0962. The van der Waals surface area contributed by atoms with Crippen molar-refractivity contribution in [2.45, 2.75) is 19.3 Å². The largest absolute Gasteiger partial charge is 0.318 e. The zero-order valence-corrected chi connectivity index (χ0v) is 24.1. The topological polar surface area (TPSA) is 12.5 Å². The summed E-state index contributed by atoms with van der Waals surface area (Å²) in [5.74, 6) is 0. The molecular weight excluding hydrogens is 522 g/mol. The molecule has 1 aliphatic heterocycles. The average Bonchev–Trinajstić information content (AvgIpc) is 3.39. The van der Waals surface area contributed by atoms with Crippen molar-refractivity contribution in [3.05, 3.63) is 162 Å². The van der Waals surface area contributed by atoms with Crippen molar-refractivity contribution in [1.29, 1.82) is 0 Å². The minimum Gasteiger partial charge on any atom is -0.318 e. The van der Waals surface area contributed by atoms with Crippen molar-refractivity contribution in [2.75, 3.05) is 4.90 Å². The lowest BCUT2D eigenvalue weighted by atomic mass is 9.73. The van der Waals surface area contributed by atoms with Crippen LogP contribution in [0.1, 0.15) is 25.0 Å². The molecule has 0 saturated heterocycles. The van der Waals surface area contributed by atoms with Gasteiger partial charge in [-0.15, -0.1) is 0 Å². The summed E-state index contributed by atoms with van der Waals surface area (Å²) in [6.45, 7) is 12.7. The number of hydrogen-bond acceptors (Lipinski definition) is 1. The Bertz CT molecular complexity index is 2130. The smallest absolute Gasteiger partial charge is 0.211 e. The standard InChI is InChI=1S/C40H29N3/c1-40(2)32-16-6-10-21-37(32)42(38-22-11-7-17-33(38)40)28-25-23-27(24-26-28)29-15-12-18-34(41-3)39(29)43-35-19-8-4-13-30(35)31-14-5-9-20-36(31)43/h4-26H,1-2H3. The molecule has 6 aromatic carbocycles. The second-order valence-corrected chi connectivity index (χ2v) is 11.7. The minimum atomic E-state index is -0.0962. The molecule has 0 atom stereocenters. The molecule has 0 unspecified atom stereocenters. The molecule has 1 aliphatic rings. The molecule has 1 aromatic heterocycles. The normalized spacial score (nSPS) is 13.5. The molecule has 0 amide bonds. The third kappa shape index (κ3) is 3.67. The van der Waals surface area contributed by atoms with Gasteiger partial charge in [0, 0.05) is 21.9 Å². The van der Waals surface area contributed by atoms with Gasteiger partial charge in [-0.2, -0.15) is 0 Å². The van der Waals surface area contributed by atoms with Gasteiger partial charge < -0.3 is 9.47 Å². The highest BCUT2D eigenvalue weighted by Crippen LogP contribution is 2.52. The van der Waals surface area contributed by atoms with Gasteiger partial charge in [-0.25, -0.2) is 4.85 Å². The lowest BCUT2D eigenvalue weighted by Crippen LogP contribution is -2.30. The number of hydrogen-bond donors (Lipinski definition) is 0. The highest BCUT2D eigenvalue weighted by Gasteiger charge is 2.36. The molecule has 3 nitrogen and oxygen atoms in total. The molecule has 2 heterocycles. The van der Waals surface area contributed by atoms with Crippen LogP contribution in [0.15, 0.2) is 140 Å². The number of fused-ring (bicyclic) bond motifs is 5. The van der Waals surface area contributed by atoms with Gasteiger partial charge in [0.1, 0.15) is 0 Å². The quantitative estimate of drug-likeness (QED) is 0.199. The van der Waals surface area contributed by atoms with E-state index in [2.05, 4.69) is 156 Å². The Morgan fingerprint density at radius 3 is 1.67 bits per heavy atom. The predicted molar refractivity (Wildman–Crippen MR) is 179 cm³/mol. The Hall–Kier alpha value is -5.59. The summed E-state index contributed by atoms with van der Waals surface area (Å²) in [6, 6.07) is 49.3. The first-order valence-corrected chi connectivity index (χ1v) is 14.7. The van der Waals surface area contributed by atoms with E-state index in [1.165, 1.54) is 33.3 Å². The molecule has 0 spiro atoms. The summed E-state index contributed by atoms with van der Waals surface area (Å²) in [4.78, 5) is 6.38. The first kappa shape index (κ1) is 25.1. The summed E-state index contributed by atoms with van der Waals surface area (Å²) in [5, 5.41) is 2.37. The average molecular weight is 552 g/mol. The first-order valence-electron chi connectivity index (χ1n) is 14.7. The van der Waals surface area contributed by atoms with E-state index in [9.17, 15) is 0 Å². The van der Waals surface area contributed by atoms with Gasteiger partial charge in [0.2, 0.25) is 5.69 Å². The van der Waals surface area contributed by atoms with Gasteiger partial charge >= 0.3 is 0 Å². The molecule has 3 heteroatoms. The third-order valence-electron chi connectivity index (χ3n) is 9.01. The molecule has 7 aromatic rings. The van der Waals surface area contributed by atoms with Crippen LogP contribution in [-0.4, -0.2) is 4.57 Å². The Morgan fingerprint density at radius 2 is 1.09 bits per heavy atom. The number of rotatable bonds is 3. The molecule has 43 heavy (non-hydrogen) atoms. The van der Waals surface area contributed by atoms with Gasteiger partial charge in [-0.3, -0.25) is 0 Å². The molecule has 0 fully saturated rings. The van der Waals surface area contributed by atoms with Crippen LogP contribution in [0.4, 0.5) is 22.7 Å². The van der Waals surface area contributed by atoms with Crippen LogP contribution in [-0.2, 0) is 5.41 Å². The van der Waals surface area contributed by atoms with E-state index in [0.29, 0.717) is 5.69 Å². The lowest BCUT2D eigenvalue weighted by Gasteiger charge is -2.42. The maximum absolute atomic E-state index is 8.11. The molecular formula is C40H29N3. The van der Waals surface area contributed by atoms with Crippen molar-refractivity contribution >= 4 is 44.6 Å². The first-order chi connectivity index (χ1) is 21.1. The van der Waals surface area contributed by atoms with E-state index < -0.39 is 0 Å². The number of aromatic nitrogens is 1. The van der Waals surface area contributed by atoms with Crippen LogP contribution in [0.5, 0.6) is 0 Å². The number of nitrogens with zero attached hydrogens (tertiary/aromatic N) is 3. The molecule has 204 valence electrons. The van der Waals surface area contributed by atoms with Crippen LogP contribution in [0.25, 0.3) is 43.5 Å². The van der Waals surface area contributed by atoms with E-state index >= 15 is 0 Å². The molecule has 0 N–H and O–H groups in total. The van der Waals surface area contributed by atoms with E-state index in [1.807, 2.05) is 12.1 Å². The van der Waals surface area contributed by atoms with Crippen molar-refractivity contribution < 1.29 is 0 Å². The monoisotopic (exact) mass is 551 g/mol. The van der Waals surface area contributed by atoms with Crippen LogP contribution in [0, 0.1) is 6.57 Å². The highest BCUT2D eigenvalue weighted by atomic mass is 15.2. The van der Waals surface area contributed by atoms with Crippen LogP contribution in [0.3, 0.4) is 0 Å². The molecule has 0 saturated carbocycles. The Balaban J connectivity index is 1.32. The molecule has 0 radical (unpaired) electrons. The van der Waals surface area contributed by atoms with E-state index in [1.54, 1.807) is 0 Å². The zero-order valence-electron chi connectivity index (χ0n) is 24.1. The summed E-state index contributed by atoms with van der Waals surface area (Å²) in [7, 11) is 0. The SMILES string of the molecule is [C-]#[N+]c1cccc(-c2ccc(N3c4ccccc4C(C)(C)c4ccccc43)cc2)c1-n1c2ccccc2c2ccccc21. The number of anilines is 3. The van der Waals surface area contributed by atoms with Gasteiger partial charge in [0.25, 0.3) is 0 Å². The lowest BCUT2D eigenvalue weighted by molar-refractivity contribution is 0.632. The molecule has 0 bridgehead atoms. The van der Waals surface area contributed by atoms with Crippen LogP contribution >= 0.6 is 0 Å². The summed E-state index contributed by atoms with van der Waals surface area (Å²) in [5.41, 5.74) is 11.9. The molecule has 8 rings (SSSR count). The van der Waals surface area contributed by atoms with Crippen molar-refractivity contribution in [1.82, 2.24) is 4.57 Å². The fourth-order valence-corrected chi connectivity index (χ4v) is 6.99. The van der Waals surface area contributed by atoms with E-state index in [-0.39, 0.29) is 5.41 Å². The van der Waals surface area contributed by atoms with Crippen molar-refractivity contribution in [3.63, 3.8) is 0 Å². The van der Waals surface area contributed by atoms with Crippen molar-refractivity contribution in [3.8, 4) is 16.8 Å². The summed E-state index contributed by atoms with van der Waals surface area (Å²) < 4.78 is 2.26. The van der Waals surface area contributed by atoms with Gasteiger partial charge in [0.15, 0.2) is 0 Å².